The number of amides is 1. The van der Waals surface area contributed by atoms with Gasteiger partial charge in [-0.05, 0) is 76.1 Å². The third-order valence-corrected chi connectivity index (χ3v) is 8.27. The van der Waals surface area contributed by atoms with Crippen molar-refractivity contribution in [2.24, 2.45) is 5.92 Å². The Labute approximate surface area is 172 Å². The molecular weight excluding hydrogens is 368 g/mol. The zero-order valence-electron chi connectivity index (χ0n) is 17.8. The highest BCUT2D eigenvalue weighted by Crippen LogP contribution is 2.81. The van der Waals surface area contributed by atoms with Crippen LogP contribution in [0.4, 0.5) is 10.5 Å². The molecule has 2 saturated heterocycles. The molecule has 1 aromatic rings. The van der Waals surface area contributed by atoms with Crippen LogP contribution in [0.5, 0.6) is 5.75 Å². The van der Waals surface area contributed by atoms with Gasteiger partial charge in [0.25, 0.3) is 0 Å². The van der Waals surface area contributed by atoms with E-state index in [2.05, 4.69) is 17.0 Å². The fraction of sp³-hybridized carbons (Fsp3) is 0.696. The third-order valence-electron chi connectivity index (χ3n) is 8.27. The number of fused-ring (bicyclic) bond motifs is 1. The number of rotatable bonds is 1. The molecule has 6 heteroatoms. The topological polar surface area (TPSA) is 51.2 Å². The molecule has 0 N–H and O–H groups in total. The number of hydrogen-bond donors (Lipinski definition) is 0. The van der Waals surface area contributed by atoms with Gasteiger partial charge in [-0.25, -0.2) is 4.79 Å². The molecule has 156 valence electrons. The Hall–Kier alpha value is -1.79. The van der Waals surface area contributed by atoms with E-state index in [-0.39, 0.29) is 22.8 Å². The largest absolute Gasteiger partial charge is 0.497 e. The summed E-state index contributed by atoms with van der Waals surface area (Å²) in [5.41, 5.74) is 1.45. The summed E-state index contributed by atoms with van der Waals surface area (Å²) >= 11 is 0. The van der Waals surface area contributed by atoms with Crippen molar-refractivity contribution in [3.63, 3.8) is 0 Å². The average molecular weight is 399 g/mol. The maximum absolute atomic E-state index is 13.5. The minimum absolute atomic E-state index is 0.00895. The first-order valence-corrected chi connectivity index (χ1v) is 10.9. The number of carbonyl (C=O) groups excluding carboxylic acids is 1. The highest BCUT2D eigenvalue weighted by molar-refractivity contribution is 5.97. The highest BCUT2D eigenvalue weighted by Gasteiger charge is 2.87. The molecule has 3 aliphatic heterocycles. The quantitative estimate of drug-likeness (QED) is 0.722. The zero-order chi connectivity index (χ0) is 20.2. The van der Waals surface area contributed by atoms with Gasteiger partial charge < -0.3 is 14.2 Å². The second-order valence-corrected chi connectivity index (χ2v) is 10.4. The number of methoxy groups -OCH3 is 1. The van der Waals surface area contributed by atoms with Crippen LogP contribution in [0.25, 0.3) is 0 Å². The first-order valence-electron chi connectivity index (χ1n) is 10.9. The lowest BCUT2D eigenvalue weighted by molar-refractivity contribution is -0.110. The normalized spacial score (nSPS) is 39.3. The minimum Gasteiger partial charge on any atom is -0.497 e. The van der Waals surface area contributed by atoms with Crippen LogP contribution in [-0.2, 0) is 14.9 Å². The predicted octanol–water partition coefficient (Wildman–Crippen LogP) is 3.67. The van der Waals surface area contributed by atoms with Crippen LogP contribution in [0.1, 0.15) is 52.0 Å². The van der Waals surface area contributed by atoms with Gasteiger partial charge in [-0.15, -0.1) is 0 Å². The van der Waals surface area contributed by atoms with Gasteiger partial charge in [0, 0.05) is 18.5 Å². The molecule has 2 bridgehead atoms. The minimum atomic E-state index is -0.520. The fourth-order valence-corrected chi connectivity index (χ4v) is 7.30. The Balaban J connectivity index is 1.50. The van der Waals surface area contributed by atoms with Crippen molar-refractivity contribution in [2.45, 2.75) is 68.7 Å². The van der Waals surface area contributed by atoms with E-state index in [9.17, 15) is 4.79 Å². The zero-order valence-corrected chi connectivity index (χ0v) is 17.8. The van der Waals surface area contributed by atoms with Gasteiger partial charge >= 0.3 is 6.09 Å². The van der Waals surface area contributed by atoms with E-state index >= 15 is 0 Å². The van der Waals surface area contributed by atoms with E-state index in [4.69, 9.17) is 14.2 Å². The molecule has 5 aliphatic rings. The standard InChI is InChI=1S/C23H30N2O4/c1-20(2,3)29-19(26)25-17-6-5-15(27-4)13-16(17)22-9-10-24-11-12-28-21(24)7-8-23(22,25)18(22)14-21/h5-6,13,18H,7-12,14H2,1-4H3/t18-,21-,22+,23+/m0/s1. The van der Waals surface area contributed by atoms with E-state index < -0.39 is 5.60 Å². The molecule has 1 amide bonds. The van der Waals surface area contributed by atoms with E-state index in [1.807, 2.05) is 31.7 Å². The maximum atomic E-state index is 13.5. The van der Waals surface area contributed by atoms with Crippen LogP contribution in [0, 0.1) is 5.92 Å². The first kappa shape index (κ1) is 18.0. The lowest BCUT2D eigenvalue weighted by Crippen LogP contribution is -2.55. The molecule has 2 saturated carbocycles. The Morgan fingerprint density at radius 3 is 2.79 bits per heavy atom. The van der Waals surface area contributed by atoms with E-state index in [1.165, 1.54) is 5.56 Å². The Morgan fingerprint density at radius 2 is 2.03 bits per heavy atom. The SMILES string of the molecule is COc1ccc2c(c1)[C@@]13CCN4CCO[C@]45CC[C@]1([C@H]3C5)N2C(=O)OC(C)(C)C. The number of ether oxygens (including phenoxy) is 3. The monoisotopic (exact) mass is 398 g/mol. The van der Waals surface area contributed by atoms with E-state index in [0.29, 0.717) is 5.92 Å². The molecule has 3 spiro atoms. The summed E-state index contributed by atoms with van der Waals surface area (Å²) in [4.78, 5) is 18.1. The van der Waals surface area contributed by atoms with Gasteiger partial charge in [-0.2, -0.15) is 0 Å². The van der Waals surface area contributed by atoms with Crippen LogP contribution in [-0.4, -0.2) is 54.7 Å². The summed E-state index contributed by atoms with van der Waals surface area (Å²) in [7, 11) is 1.71. The van der Waals surface area contributed by atoms with Gasteiger partial charge in [0.05, 0.1) is 24.9 Å². The van der Waals surface area contributed by atoms with Crippen molar-refractivity contribution in [3.8, 4) is 5.75 Å². The van der Waals surface area contributed by atoms with Crippen LogP contribution in [0.2, 0.25) is 0 Å². The number of carbonyl (C=O) groups is 1. The van der Waals surface area contributed by atoms with E-state index in [0.717, 1.165) is 56.8 Å². The third kappa shape index (κ3) is 1.97. The number of nitrogens with zero attached hydrogens (tertiary/aromatic N) is 2. The molecule has 4 atom stereocenters. The smallest absolute Gasteiger partial charge is 0.415 e. The Bertz CT molecular complexity index is 911. The summed E-state index contributed by atoms with van der Waals surface area (Å²) in [6.07, 6.45) is 3.79. The number of hydrogen-bond acceptors (Lipinski definition) is 5. The molecule has 0 radical (unpaired) electrons. The van der Waals surface area contributed by atoms with Crippen LogP contribution in [0.3, 0.4) is 0 Å². The van der Waals surface area contributed by atoms with E-state index in [1.54, 1.807) is 7.11 Å². The van der Waals surface area contributed by atoms with Crippen molar-refractivity contribution in [2.75, 3.05) is 31.7 Å². The molecule has 2 aliphatic carbocycles. The summed E-state index contributed by atoms with van der Waals surface area (Å²) in [5, 5.41) is 0. The van der Waals surface area contributed by atoms with Crippen LogP contribution >= 0.6 is 0 Å². The lowest BCUT2D eigenvalue weighted by Gasteiger charge is -2.45. The molecule has 0 aromatic heterocycles. The number of benzene rings is 1. The molecular formula is C23H30N2O4. The highest BCUT2D eigenvalue weighted by atomic mass is 16.6. The van der Waals surface area contributed by atoms with Crippen molar-refractivity contribution in [1.29, 1.82) is 0 Å². The second kappa shape index (κ2) is 5.27. The Morgan fingerprint density at radius 1 is 1.21 bits per heavy atom. The van der Waals surface area contributed by atoms with Gasteiger partial charge in [0.2, 0.25) is 0 Å². The van der Waals surface area contributed by atoms with Gasteiger partial charge in [-0.3, -0.25) is 9.80 Å². The first-order chi connectivity index (χ1) is 13.8. The molecule has 6 nitrogen and oxygen atoms in total. The summed E-state index contributed by atoms with van der Waals surface area (Å²) in [6, 6.07) is 6.19. The van der Waals surface area contributed by atoms with Gasteiger partial charge in [0.15, 0.2) is 0 Å². The summed E-state index contributed by atoms with van der Waals surface area (Å²) in [5.74, 6) is 1.28. The summed E-state index contributed by atoms with van der Waals surface area (Å²) < 4.78 is 17.8. The second-order valence-electron chi connectivity index (χ2n) is 10.4. The van der Waals surface area contributed by atoms with Gasteiger partial charge in [0.1, 0.15) is 17.1 Å². The van der Waals surface area contributed by atoms with Crippen molar-refractivity contribution in [3.05, 3.63) is 23.8 Å². The van der Waals surface area contributed by atoms with Crippen molar-refractivity contribution >= 4 is 11.8 Å². The summed E-state index contributed by atoms with van der Waals surface area (Å²) in [6.45, 7) is 8.69. The molecule has 6 rings (SSSR count). The number of anilines is 1. The molecule has 4 fully saturated rings. The van der Waals surface area contributed by atoms with Crippen molar-refractivity contribution < 1.29 is 19.0 Å². The Kier molecular flexibility index (Phi) is 3.28. The molecule has 0 unspecified atom stereocenters. The fourth-order valence-electron chi connectivity index (χ4n) is 7.30. The van der Waals surface area contributed by atoms with Gasteiger partial charge in [-0.1, -0.05) is 0 Å². The van der Waals surface area contributed by atoms with Crippen LogP contribution in [0.15, 0.2) is 18.2 Å². The van der Waals surface area contributed by atoms with Crippen molar-refractivity contribution in [1.82, 2.24) is 4.90 Å². The molecule has 3 heterocycles. The van der Waals surface area contributed by atoms with Crippen LogP contribution < -0.4 is 9.64 Å². The molecule has 29 heavy (non-hydrogen) atoms. The lowest BCUT2D eigenvalue weighted by atomic mass is 9.85. The average Bonchev–Trinajstić information content (AvgIpc) is 2.95. The molecule has 1 aromatic carbocycles. The maximum Gasteiger partial charge on any atom is 0.415 e. The predicted molar refractivity (Wildman–Crippen MR) is 108 cm³/mol.